The summed E-state index contributed by atoms with van der Waals surface area (Å²) in [6.07, 6.45) is 9.82. The monoisotopic (exact) mass is 388 g/mol. The molecule has 3 aromatic heterocycles. The molecule has 0 radical (unpaired) electrons. The molecule has 0 aliphatic rings. The van der Waals surface area contributed by atoms with E-state index < -0.39 is 0 Å². The lowest BCUT2D eigenvalue weighted by molar-refractivity contribution is 0.689. The third-order valence-corrected chi connectivity index (χ3v) is 4.97. The van der Waals surface area contributed by atoms with Crippen LogP contribution in [0, 0.1) is 0 Å². The van der Waals surface area contributed by atoms with E-state index >= 15 is 0 Å². The van der Waals surface area contributed by atoms with E-state index in [0.717, 1.165) is 40.0 Å². The number of para-hydroxylation sites is 1. The van der Waals surface area contributed by atoms with Gasteiger partial charge in [0, 0.05) is 35.1 Å². The molecule has 30 heavy (non-hydrogen) atoms. The predicted molar refractivity (Wildman–Crippen MR) is 122 cm³/mol. The van der Waals surface area contributed by atoms with E-state index in [-0.39, 0.29) is 0 Å². The summed E-state index contributed by atoms with van der Waals surface area (Å²) in [7, 11) is 0. The molecule has 0 aliphatic heterocycles. The molecule has 0 unspecified atom stereocenters. The van der Waals surface area contributed by atoms with Gasteiger partial charge in [0.25, 0.3) is 0 Å². The Morgan fingerprint density at radius 2 is 1.67 bits per heavy atom. The van der Waals surface area contributed by atoms with Crippen molar-refractivity contribution in [1.29, 1.82) is 0 Å². The minimum atomic E-state index is 0.718. The number of hydrogen-bond acceptors (Lipinski definition) is 3. The molecule has 144 valence electrons. The average molecular weight is 388 g/mol. The maximum atomic E-state index is 4.84. The highest BCUT2D eigenvalue weighted by Gasteiger charge is 2.10. The summed E-state index contributed by atoms with van der Waals surface area (Å²) in [5.41, 5.74) is 6.07. The van der Waals surface area contributed by atoms with E-state index in [4.69, 9.17) is 10.1 Å². The lowest BCUT2D eigenvalue weighted by atomic mass is 10.1. The van der Waals surface area contributed by atoms with Crippen LogP contribution in [0.3, 0.4) is 0 Å². The molecule has 0 saturated heterocycles. The van der Waals surface area contributed by atoms with Crippen LogP contribution in [-0.4, -0.2) is 19.7 Å². The van der Waals surface area contributed by atoms with E-state index in [1.807, 2.05) is 71.6 Å². The summed E-state index contributed by atoms with van der Waals surface area (Å²) in [4.78, 5) is 9.00. The Morgan fingerprint density at radius 1 is 0.800 bits per heavy atom. The number of benzene rings is 2. The zero-order valence-corrected chi connectivity index (χ0v) is 16.4. The predicted octanol–water partition coefficient (Wildman–Crippen LogP) is 5.71. The molecule has 0 bridgehead atoms. The summed E-state index contributed by atoms with van der Waals surface area (Å²) < 4.78 is 1.98. The first-order chi connectivity index (χ1) is 14.8. The van der Waals surface area contributed by atoms with Gasteiger partial charge in [-0.2, -0.15) is 5.10 Å². The number of nitrogens with zero attached hydrogens (tertiary/aromatic N) is 4. The summed E-state index contributed by atoms with van der Waals surface area (Å²) in [5.74, 6) is 0. The van der Waals surface area contributed by atoms with Crippen molar-refractivity contribution < 1.29 is 0 Å². The second-order valence-corrected chi connectivity index (χ2v) is 7.12. The summed E-state index contributed by atoms with van der Waals surface area (Å²) in [6.45, 7) is 0.718. The van der Waals surface area contributed by atoms with Crippen LogP contribution in [0.2, 0.25) is 0 Å². The fraction of sp³-hybridized carbons (Fsp3) is 0.0385. The maximum absolute atomic E-state index is 4.84. The molecular formula is C26H20N4. The number of hydrogen-bond donors (Lipinski definition) is 0. The quantitative estimate of drug-likeness (QED) is 0.387. The lowest BCUT2D eigenvalue weighted by Crippen LogP contribution is -2.00. The van der Waals surface area contributed by atoms with Gasteiger partial charge in [-0.3, -0.25) is 9.67 Å². The summed E-state index contributed by atoms with van der Waals surface area (Å²) >= 11 is 0. The Bertz CT molecular complexity index is 1300. The molecule has 0 amide bonds. The van der Waals surface area contributed by atoms with Gasteiger partial charge in [-0.25, -0.2) is 4.98 Å². The molecule has 0 fully saturated rings. The molecule has 2 aromatic carbocycles. The van der Waals surface area contributed by atoms with Crippen molar-refractivity contribution in [3.63, 3.8) is 0 Å². The third kappa shape index (κ3) is 3.89. The number of pyridine rings is 2. The molecule has 4 nitrogen and oxygen atoms in total. The fourth-order valence-electron chi connectivity index (χ4n) is 3.49. The topological polar surface area (TPSA) is 43.6 Å². The van der Waals surface area contributed by atoms with Crippen molar-refractivity contribution in [3.05, 3.63) is 114 Å². The molecule has 0 saturated carbocycles. The average Bonchev–Trinajstić information content (AvgIpc) is 3.21. The highest BCUT2D eigenvalue weighted by molar-refractivity contribution is 5.82. The van der Waals surface area contributed by atoms with Gasteiger partial charge < -0.3 is 0 Å². The molecule has 4 heteroatoms. The lowest BCUT2D eigenvalue weighted by Gasteiger charge is -2.01. The highest BCUT2D eigenvalue weighted by Crippen LogP contribution is 2.24. The number of rotatable bonds is 5. The first-order valence-electron chi connectivity index (χ1n) is 9.91. The van der Waals surface area contributed by atoms with E-state index in [2.05, 4.69) is 41.5 Å². The van der Waals surface area contributed by atoms with Gasteiger partial charge in [-0.15, -0.1) is 0 Å². The van der Waals surface area contributed by atoms with Gasteiger partial charge >= 0.3 is 0 Å². The van der Waals surface area contributed by atoms with Gasteiger partial charge in [0.1, 0.15) is 5.69 Å². The van der Waals surface area contributed by atoms with E-state index in [1.54, 1.807) is 6.20 Å². The van der Waals surface area contributed by atoms with Crippen LogP contribution in [0.5, 0.6) is 0 Å². The van der Waals surface area contributed by atoms with E-state index in [9.17, 15) is 0 Å². The van der Waals surface area contributed by atoms with Crippen LogP contribution in [0.15, 0.2) is 97.5 Å². The standard InChI is InChI=1S/C26H20N4/c1-2-7-20(8-3-1)18-30-19-23(26(29-30)22-10-6-16-27-17-22)13-15-24-14-12-21-9-4-5-11-25(21)28-24/h1-17,19H,18H2/b15-13+. The van der Waals surface area contributed by atoms with Crippen molar-refractivity contribution in [2.24, 2.45) is 0 Å². The fourth-order valence-corrected chi connectivity index (χ4v) is 3.49. The van der Waals surface area contributed by atoms with E-state index in [0.29, 0.717) is 0 Å². The zero-order valence-electron chi connectivity index (χ0n) is 16.4. The van der Waals surface area contributed by atoms with Crippen molar-refractivity contribution in [2.45, 2.75) is 6.54 Å². The molecule has 5 rings (SSSR count). The van der Waals surface area contributed by atoms with Crippen LogP contribution < -0.4 is 0 Å². The largest absolute Gasteiger partial charge is 0.267 e. The minimum Gasteiger partial charge on any atom is -0.267 e. The smallest absolute Gasteiger partial charge is 0.101 e. The Morgan fingerprint density at radius 3 is 2.53 bits per heavy atom. The molecule has 3 heterocycles. The highest BCUT2D eigenvalue weighted by atomic mass is 15.3. The van der Waals surface area contributed by atoms with Gasteiger partial charge in [-0.1, -0.05) is 54.6 Å². The third-order valence-electron chi connectivity index (χ3n) is 4.97. The normalized spacial score (nSPS) is 11.3. The van der Waals surface area contributed by atoms with Crippen LogP contribution in [0.4, 0.5) is 0 Å². The van der Waals surface area contributed by atoms with Crippen molar-refractivity contribution >= 4 is 23.1 Å². The molecule has 0 spiro atoms. The molecule has 0 atom stereocenters. The van der Waals surface area contributed by atoms with Crippen LogP contribution in [-0.2, 0) is 6.54 Å². The maximum Gasteiger partial charge on any atom is 0.101 e. The first kappa shape index (κ1) is 18.0. The Labute approximate surface area is 175 Å². The van der Waals surface area contributed by atoms with E-state index in [1.165, 1.54) is 5.56 Å². The molecule has 0 aliphatic carbocycles. The second-order valence-electron chi connectivity index (χ2n) is 7.12. The SMILES string of the molecule is C(=C\c1cn(Cc2ccccc2)nc1-c1cccnc1)/c1ccc2ccccc2n1. The second kappa shape index (κ2) is 8.13. The first-order valence-corrected chi connectivity index (χ1v) is 9.91. The van der Waals surface area contributed by atoms with Crippen LogP contribution >= 0.6 is 0 Å². The van der Waals surface area contributed by atoms with Crippen LogP contribution in [0.1, 0.15) is 16.8 Å². The molecule has 5 aromatic rings. The Kier molecular flexibility index (Phi) is 4.88. The van der Waals surface area contributed by atoms with Gasteiger partial charge in [0.05, 0.1) is 17.8 Å². The molecule has 0 N–H and O–H groups in total. The van der Waals surface area contributed by atoms with Crippen molar-refractivity contribution in [1.82, 2.24) is 19.7 Å². The van der Waals surface area contributed by atoms with Crippen molar-refractivity contribution in [3.8, 4) is 11.3 Å². The summed E-state index contributed by atoms with van der Waals surface area (Å²) in [6, 6.07) is 26.6. The minimum absolute atomic E-state index is 0.718. The van der Waals surface area contributed by atoms with Crippen molar-refractivity contribution in [2.75, 3.05) is 0 Å². The Balaban J connectivity index is 1.51. The number of aromatic nitrogens is 4. The van der Waals surface area contributed by atoms with Gasteiger partial charge in [0.15, 0.2) is 0 Å². The van der Waals surface area contributed by atoms with Gasteiger partial charge in [-0.05, 0) is 42.0 Å². The Hall–Kier alpha value is -4.05. The van der Waals surface area contributed by atoms with Gasteiger partial charge in [0.2, 0.25) is 0 Å². The molecular weight excluding hydrogens is 368 g/mol. The van der Waals surface area contributed by atoms with Crippen LogP contribution in [0.25, 0.3) is 34.3 Å². The number of fused-ring (bicyclic) bond motifs is 1. The zero-order chi connectivity index (χ0) is 20.2. The summed E-state index contributed by atoms with van der Waals surface area (Å²) in [5, 5.41) is 5.98.